The van der Waals surface area contributed by atoms with Crippen molar-refractivity contribution in [1.29, 1.82) is 0 Å². The first-order valence-electron chi connectivity index (χ1n) is 9.68. The molecule has 0 saturated heterocycles. The van der Waals surface area contributed by atoms with Crippen LogP contribution in [0.1, 0.15) is 11.4 Å². The molecule has 4 rings (SSSR count). The molecule has 0 unspecified atom stereocenters. The highest BCUT2D eigenvalue weighted by atomic mass is 16.5. The maximum Gasteiger partial charge on any atom is 0.337 e. The lowest BCUT2D eigenvalue weighted by Crippen LogP contribution is -2.34. The van der Waals surface area contributed by atoms with Crippen LogP contribution in [-0.4, -0.2) is 23.1 Å². The van der Waals surface area contributed by atoms with Crippen molar-refractivity contribution >= 4 is 40.6 Å². The van der Waals surface area contributed by atoms with Gasteiger partial charge in [-0.1, -0.05) is 48.5 Å². The number of fused-ring (bicyclic) bond motifs is 1. The standard InChI is InChI=1S/C24H21N5O2/c1-31-19-14-11-17(12-15-19)13-16-22-26-21-10-6-5-9-20(21)23(27-22)28-29-24(30)25-18-7-3-2-4-8-18/h2-16H,1H3,(H2,25,29,30)(H,26,27,28)/b16-13+. The topological polar surface area (TPSA) is 88.2 Å². The second-order valence-corrected chi connectivity index (χ2v) is 6.62. The second kappa shape index (κ2) is 9.41. The molecule has 0 radical (unpaired) electrons. The minimum atomic E-state index is -0.399. The summed E-state index contributed by atoms with van der Waals surface area (Å²) in [6.07, 6.45) is 3.74. The zero-order chi connectivity index (χ0) is 21.5. The van der Waals surface area contributed by atoms with E-state index in [0.29, 0.717) is 17.3 Å². The number of hydrazine groups is 1. The number of hydrogen-bond donors (Lipinski definition) is 3. The summed E-state index contributed by atoms with van der Waals surface area (Å²) < 4.78 is 5.18. The average Bonchev–Trinajstić information content (AvgIpc) is 2.82. The highest BCUT2D eigenvalue weighted by molar-refractivity contribution is 5.93. The number of anilines is 2. The van der Waals surface area contributed by atoms with Gasteiger partial charge < -0.3 is 10.1 Å². The molecular weight excluding hydrogens is 390 g/mol. The number of carbonyl (C=O) groups is 1. The first kappa shape index (κ1) is 19.9. The molecule has 0 aliphatic rings. The van der Waals surface area contributed by atoms with Crippen LogP contribution in [0, 0.1) is 0 Å². The lowest BCUT2D eigenvalue weighted by atomic mass is 10.2. The second-order valence-electron chi connectivity index (χ2n) is 6.62. The minimum Gasteiger partial charge on any atom is -0.497 e. The van der Waals surface area contributed by atoms with Crippen LogP contribution in [0.2, 0.25) is 0 Å². The van der Waals surface area contributed by atoms with E-state index in [9.17, 15) is 4.79 Å². The molecule has 1 heterocycles. The summed E-state index contributed by atoms with van der Waals surface area (Å²) in [5, 5.41) is 3.55. The van der Waals surface area contributed by atoms with Crippen LogP contribution < -0.4 is 20.9 Å². The average molecular weight is 411 g/mol. The number of ether oxygens (including phenoxy) is 1. The van der Waals surface area contributed by atoms with E-state index in [2.05, 4.69) is 26.1 Å². The minimum absolute atomic E-state index is 0.399. The van der Waals surface area contributed by atoms with Gasteiger partial charge in [-0.3, -0.25) is 10.9 Å². The highest BCUT2D eigenvalue weighted by Crippen LogP contribution is 2.21. The van der Waals surface area contributed by atoms with Crippen LogP contribution in [0.5, 0.6) is 5.75 Å². The zero-order valence-corrected chi connectivity index (χ0v) is 16.9. The van der Waals surface area contributed by atoms with E-state index >= 15 is 0 Å². The Bertz CT molecular complexity index is 1210. The van der Waals surface area contributed by atoms with Crippen molar-refractivity contribution < 1.29 is 9.53 Å². The predicted molar refractivity (Wildman–Crippen MR) is 124 cm³/mol. The third-order valence-electron chi connectivity index (χ3n) is 4.49. The number of nitrogens with one attached hydrogen (secondary N) is 3. The van der Waals surface area contributed by atoms with Gasteiger partial charge >= 0.3 is 6.03 Å². The summed E-state index contributed by atoms with van der Waals surface area (Å²) in [6, 6.07) is 24.1. The van der Waals surface area contributed by atoms with E-state index < -0.39 is 6.03 Å². The van der Waals surface area contributed by atoms with E-state index in [1.54, 1.807) is 7.11 Å². The summed E-state index contributed by atoms with van der Waals surface area (Å²) in [5.41, 5.74) is 7.97. The molecule has 31 heavy (non-hydrogen) atoms. The molecule has 7 heteroatoms. The molecule has 0 spiro atoms. The Morgan fingerprint density at radius 2 is 1.61 bits per heavy atom. The Labute approximate surface area is 179 Å². The van der Waals surface area contributed by atoms with E-state index in [-0.39, 0.29) is 0 Å². The van der Waals surface area contributed by atoms with Crippen molar-refractivity contribution in [2.45, 2.75) is 0 Å². The number of para-hydroxylation sites is 2. The largest absolute Gasteiger partial charge is 0.497 e. The van der Waals surface area contributed by atoms with Gasteiger partial charge in [0.15, 0.2) is 11.6 Å². The van der Waals surface area contributed by atoms with Gasteiger partial charge in [-0.25, -0.2) is 14.8 Å². The molecule has 2 amide bonds. The fraction of sp³-hybridized carbons (Fsp3) is 0.0417. The molecule has 0 bridgehead atoms. The highest BCUT2D eigenvalue weighted by Gasteiger charge is 2.08. The Hall–Kier alpha value is -4.39. The maximum atomic E-state index is 12.2. The van der Waals surface area contributed by atoms with Gasteiger partial charge in [-0.05, 0) is 48.0 Å². The van der Waals surface area contributed by atoms with Crippen LogP contribution >= 0.6 is 0 Å². The van der Waals surface area contributed by atoms with Gasteiger partial charge in [-0.15, -0.1) is 0 Å². The van der Waals surface area contributed by atoms with Gasteiger partial charge in [0.2, 0.25) is 0 Å². The van der Waals surface area contributed by atoms with Gasteiger partial charge in [-0.2, -0.15) is 0 Å². The Balaban J connectivity index is 1.53. The zero-order valence-electron chi connectivity index (χ0n) is 16.9. The summed E-state index contributed by atoms with van der Waals surface area (Å²) >= 11 is 0. The van der Waals surface area contributed by atoms with Crippen molar-refractivity contribution in [3.8, 4) is 5.75 Å². The van der Waals surface area contributed by atoms with Crippen molar-refractivity contribution in [2.75, 3.05) is 17.9 Å². The quantitative estimate of drug-likeness (QED) is 0.391. The van der Waals surface area contributed by atoms with Crippen molar-refractivity contribution in [3.63, 3.8) is 0 Å². The van der Waals surface area contributed by atoms with Crippen molar-refractivity contribution in [1.82, 2.24) is 15.4 Å². The van der Waals surface area contributed by atoms with Gasteiger partial charge in [0.05, 0.1) is 12.6 Å². The van der Waals surface area contributed by atoms with Crippen LogP contribution in [0.4, 0.5) is 16.3 Å². The normalized spacial score (nSPS) is 10.7. The molecule has 0 fully saturated rings. The molecule has 0 aliphatic heterocycles. The molecule has 154 valence electrons. The summed E-state index contributed by atoms with van der Waals surface area (Å²) in [6.45, 7) is 0. The lowest BCUT2D eigenvalue weighted by molar-refractivity contribution is 0.254. The molecule has 0 aliphatic carbocycles. The third-order valence-corrected chi connectivity index (χ3v) is 4.49. The smallest absolute Gasteiger partial charge is 0.337 e. The third kappa shape index (κ3) is 5.16. The van der Waals surface area contributed by atoms with Gasteiger partial charge in [0.25, 0.3) is 0 Å². The van der Waals surface area contributed by atoms with Gasteiger partial charge in [0, 0.05) is 11.1 Å². The van der Waals surface area contributed by atoms with E-state index in [4.69, 9.17) is 4.74 Å². The monoisotopic (exact) mass is 411 g/mol. The maximum absolute atomic E-state index is 12.2. The summed E-state index contributed by atoms with van der Waals surface area (Å²) in [4.78, 5) is 21.4. The fourth-order valence-corrected chi connectivity index (χ4v) is 2.95. The van der Waals surface area contributed by atoms with E-state index in [0.717, 1.165) is 22.2 Å². The Kier molecular flexibility index (Phi) is 6.04. The lowest BCUT2D eigenvalue weighted by Gasteiger charge is -2.12. The Morgan fingerprint density at radius 3 is 2.39 bits per heavy atom. The van der Waals surface area contributed by atoms with E-state index in [1.165, 1.54) is 0 Å². The van der Waals surface area contributed by atoms with E-state index in [1.807, 2.05) is 91.0 Å². The Morgan fingerprint density at radius 1 is 0.871 bits per heavy atom. The van der Waals surface area contributed by atoms with Crippen LogP contribution in [0.25, 0.3) is 23.1 Å². The fourth-order valence-electron chi connectivity index (χ4n) is 2.95. The molecule has 3 aromatic carbocycles. The SMILES string of the molecule is COc1ccc(/C=C/c2nc(NNC(=O)Nc3ccccc3)c3ccccc3n2)cc1. The van der Waals surface area contributed by atoms with Crippen molar-refractivity contribution in [2.24, 2.45) is 0 Å². The molecule has 1 aromatic heterocycles. The van der Waals surface area contributed by atoms with Crippen LogP contribution in [0.15, 0.2) is 78.9 Å². The van der Waals surface area contributed by atoms with Crippen LogP contribution in [-0.2, 0) is 0 Å². The van der Waals surface area contributed by atoms with Gasteiger partial charge in [0.1, 0.15) is 5.75 Å². The number of benzene rings is 3. The molecule has 7 nitrogen and oxygen atoms in total. The molecule has 0 saturated carbocycles. The predicted octanol–water partition coefficient (Wildman–Crippen LogP) is 4.96. The first-order chi connectivity index (χ1) is 15.2. The summed E-state index contributed by atoms with van der Waals surface area (Å²) in [5.74, 6) is 1.82. The summed E-state index contributed by atoms with van der Waals surface area (Å²) in [7, 11) is 1.64. The number of amides is 2. The molecule has 0 atom stereocenters. The number of rotatable bonds is 6. The molecule has 4 aromatic rings. The number of methoxy groups -OCH3 is 1. The molecular formula is C24H21N5O2. The number of hydrogen-bond acceptors (Lipinski definition) is 5. The van der Waals surface area contributed by atoms with Crippen LogP contribution in [0.3, 0.4) is 0 Å². The molecule has 3 N–H and O–H groups in total. The van der Waals surface area contributed by atoms with Crippen molar-refractivity contribution in [3.05, 3.63) is 90.3 Å². The number of carbonyl (C=O) groups excluding carboxylic acids is 1. The number of urea groups is 1. The first-order valence-corrected chi connectivity index (χ1v) is 9.68. The number of aromatic nitrogens is 2. The number of nitrogens with zero attached hydrogens (tertiary/aromatic N) is 2.